The lowest BCUT2D eigenvalue weighted by molar-refractivity contribution is -0.136. The van der Waals surface area contributed by atoms with Crippen LogP contribution in [0.1, 0.15) is 47.5 Å². The molecule has 0 atom stereocenters. The van der Waals surface area contributed by atoms with Crippen molar-refractivity contribution in [1.82, 2.24) is 5.43 Å². The third-order valence-electron chi connectivity index (χ3n) is 4.23. The SMILES string of the molecule is CCOC(=O)C(=N\O)/C(C)=N\NC(=O)C(=O)Nc1sc2c(c1C(=O)OC)CCCC2. The van der Waals surface area contributed by atoms with E-state index in [1.165, 1.54) is 25.4 Å². The lowest BCUT2D eigenvalue weighted by atomic mass is 9.95. The second-order valence-electron chi connectivity index (χ2n) is 6.17. The monoisotopic (exact) mass is 438 g/mol. The van der Waals surface area contributed by atoms with Gasteiger partial charge >= 0.3 is 23.8 Å². The Labute approximate surface area is 176 Å². The summed E-state index contributed by atoms with van der Waals surface area (Å²) in [4.78, 5) is 49.2. The number of methoxy groups -OCH3 is 1. The van der Waals surface area contributed by atoms with Gasteiger partial charge in [-0.2, -0.15) is 5.10 Å². The van der Waals surface area contributed by atoms with E-state index in [-0.39, 0.29) is 22.9 Å². The fourth-order valence-electron chi connectivity index (χ4n) is 2.83. The molecule has 0 radical (unpaired) electrons. The summed E-state index contributed by atoms with van der Waals surface area (Å²) < 4.78 is 9.51. The molecule has 0 fully saturated rings. The van der Waals surface area contributed by atoms with E-state index in [0.29, 0.717) is 6.42 Å². The van der Waals surface area contributed by atoms with Gasteiger partial charge in [-0.15, -0.1) is 11.3 Å². The first kappa shape index (κ1) is 23.0. The molecule has 1 aromatic heterocycles. The minimum absolute atomic E-state index is 0.0488. The van der Waals surface area contributed by atoms with Crippen molar-refractivity contribution in [2.24, 2.45) is 10.3 Å². The van der Waals surface area contributed by atoms with E-state index in [2.05, 4.69) is 15.6 Å². The number of oxime groups is 1. The summed E-state index contributed by atoms with van der Waals surface area (Å²) in [6.45, 7) is 2.90. The molecule has 0 spiro atoms. The molecule has 2 amide bonds. The lowest BCUT2D eigenvalue weighted by Crippen LogP contribution is -2.34. The number of thiophene rings is 1. The second-order valence-corrected chi connectivity index (χ2v) is 7.27. The predicted octanol–water partition coefficient (Wildman–Crippen LogP) is 1.24. The summed E-state index contributed by atoms with van der Waals surface area (Å²) in [5, 5.41) is 17.9. The number of hydrogen-bond donors (Lipinski definition) is 3. The second kappa shape index (κ2) is 10.5. The van der Waals surface area contributed by atoms with Crippen LogP contribution in [-0.2, 0) is 36.7 Å². The Bertz CT molecular complexity index is 920. The van der Waals surface area contributed by atoms with Crippen molar-refractivity contribution in [3.8, 4) is 0 Å². The minimum atomic E-state index is -1.14. The summed E-state index contributed by atoms with van der Waals surface area (Å²) in [7, 11) is 1.24. The molecule has 12 heteroatoms. The fraction of sp³-hybridized carbons (Fsp3) is 0.444. The molecule has 162 valence electrons. The normalized spacial score (nSPS) is 13.8. The number of rotatable bonds is 6. The number of anilines is 1. The Hall–Kier alpha value is -3.28. The van der Waals surface area contributed by atoms with Crippen LogP contribution in [-0.4, -0.2) is 54.1 Å². The highest BCUT2D eigenvalue weighted by Gasteiger charge is 2.28. The van der Waals surface area contributed by atoms with Gasteiger partial charge in [0.1, 0.15) is 5.00 Å². The van der Waals surface area contributed by atoms with E-state index in [0.717, 1.165) is 29.7 Å². The molecule has 11 nitrogen and oxygen atoms in total. The number of fused-ring (bicyclic) bond motifs is 1. The van der Waals surface area contributed by atoms with E-state index in [1.54, 1.807) is 6.92 Å². The van der Waals surface area contributed by atoms with Gasteiger partial charge in [-0.1, -0.05) is 5.16 Å². The number of nitrogens with zero attached hydrogens (tertiary/aromatic N) is 2. The smallest absolute Gasteiger partial charge is 0.362 e. The molecule has 0 unspecified atom stereocenters. The van der Waals surface area contributed by atoms with Gasteiger partial charge < -0.3 is 20.0 Å². The van der Waals surface area contributed by atoms with Crippen molar-refractivity contribution in [3.05, 3.63) is 16.0 Å². The van der Waals surface area contributed by atoms with E-state index in [4.69, 9.17) is 14.7 Å². The molecule has 2 rings (SSSR count). The quantitative estimate of drug-likeness (QED) is 0.198. The number of aryl methyl sites for hydroxylation is 1. The van der Waals surface area contributed by atoms with Gasteiger partial charge in [-0.05, 0) is 45.1 Å². The third-order valence-corrected chi connectivity index (χ3v) is 5.44. The van der Waals surface area contributed by atoms with Crippen molar-refractivity contribution in [2.45, 2.75) is 39.5 Å². The largest absolute Gasteiger partial charge is 0.465 e. The molecule has 1 heterocycles. The van der Waals surface area contributed by atoms with E-state index in [9.17, 15) is 19.2 Å². The van der Waals surface area contributed by atoms with Crippen LogP contribution in [0.3, 0.4) is 0 Å². The summed E-state index contributed by atoms with van der Waals surface area (Å²) in [6, 6.07) is 0. The Morgan fingerprint density at radius 3 is 2.50 bits per heavy atom. The molecule has 0 aliphatic heterocycles. The zero-order valence-corrected chi connectivity index (χ0v) is 17.6. The van der Waals surface area contributed by atoms with Crippen LogP contribution in [0.2, 0.25) is 0 Å². The molecule has 1 aliphatic carbocycles. The maximum absolute atomic E-state index is 12.3. The van der Waals surface area contributed by atoms with Crippen molar-refractivity contribution >= 4 is 51.5 Å². The first-order valence-electron chi connectivity index (χ1n) is 9.11. The van der Waals surface area contributed by atoms with Crippen LogP contribution < -0.4 is 10.7 Å². The lowest BCUT2D eigenvalue weighted by Gasteiger charge is -2.11. The minimum Gasteiger partial charge on any atom is -0.465 e. The first-order valence-corrected chi connectivity index (χ1v) is 9.93. The van der Waals surface area contributed by atoms with Crippen molar-refractivity contribution < 1.29 is 33.9 Å². The number of esters is 2. The molecule has 0 bridgehead atoms. The Morgan fingerprint density at radius 2 is 1.87 bits per heavy atom. The van der Waals surface area contributed by atoms with Crippen molar-refractivity contribution in [2.75, 3.05) is 19.0 Å². The first-order chi connectivity index (χ1) is 14.3. The number of hydrazone groups is 1. The zero-order valence-electron chi connectivity index (χ0n) is 16.7. The van der Waals surface area contributed by atoms with Crippen LogP contribution in [0, 0.1) is 0 Å². The van der Waals surface area contributed by atoms with E-state index >= 15 is 0 Å². The average molecular weight is 438 g/mol. The molecule has 0 saturated heterocycles. The third kappa shape index (κ3) is 5.20. The van der Waals surface area contributed by atoms with Crippen LogP contribution in [0.25, 0.3) is 0 Å². The number of nitrogens with one attached hydrogen (secondary N) is 2. The molecule has 30 heavy (non-hydrogen) atoms. The fourth-order valence-corrected chi connectivity index (χ4v) is 4.10. The summed E-state index contributed by atoms with van der Waals surface area (Å²) in [5.41, 5.74) is 2.37. The highest BCUT2D eigenvalue weighted by Crippen LogP contribution is 2.38. The molecule has 3 N–H and O–H groups in total. The summed E-state index contributed by atoms with van der Waals surface area (Å²) in [5.74, 6) is -3.73. The molecule has 0 aromatic carbocycles. The van der Waals surface area contributed by atoms with Gasteiger partial charge in [0.25, 0.3) is 0 Å². The highest BCUT2D eigenvalue weighted by molar-refractivity contribution is 7.17. The Balaban J connectivity index is 2.13. The molecule has 1 aliphatic rings. The van der Waals surface area contributed by atoms with E-state index < -0.39 is 29.5 Å². The topological polar surface area (TPSA) is 156 Å². The van der Waals surface area contributed by atoms with Gasteiger partial charge in [0.05, 0.1) is 25.0 Å². The van der Waals surface area contributed by atoms with Gasteiger partial charge in [0, 0.05) is 4.88 Å². The van der Waals surface area contributed by atoms with Crippen molar-refractivity contribution in [3.63, 3.8) is 0 Å². The van der Waals surface area contributed by atoms with Gasteiger partial charge in [-0.25, -0.2) is 15.0 Å². The number of ether oxygens (including phenoxy) is 2. The zero-order chi connectivity index (χ0) is 22.3. The van der Waals surface area contributed by atoms with Gasteiger partial charge in [0.2, 0.25) is 5.71 Å². The number of carbonyl (C=O) groups excluding carboxylic acids is 4. The van der Waals surface area contributed by atoms with Crippen LogP contribution >= 0.6 is 11.3 Å². The molecular formula is C18H22N4O7S. The maximum atomic E-state index is 12.3. The highest BCUT2D eigenvalue weighted by atomic mass is 32.1. The molecule has 1 aromatic rings. The standard InChI is InChI=1S/C18H22N4O7S/c1-4-29-18(26)13(22-27)9(2)20-21-15(24)14(23)19-16-12(17(25)28-3)10-7-5-6-8-11(10)30-16/h27H,4-8H2,1-3H3,(H,19,23)(H,21,24)/b20-9-,22-13-. The number of carbonyl (C=O) groups is 4. The Kier molecular flexibility index (Phi) is 8.04. The summed E-state index contributed by atoms with van der Waals surface area (Å²) in [6.07, 6.45) is 3.38. The van der Waals surface area contributed by atoms with Crippen LogP contribution in [0.4, 0.5) is 5.00 Å². The van der Waals surface area contributed by atoms with Gasteiger partial charge in [0.15, 0.2) is 0 Å². The van der Waals surface area contributed by atoms with Crippen LogP contribution in [0.15, 0.2) is 10.3 Å². The van der Waals surface area contributed by atoms with Gasteiger partial charge in [-0.3, -0.25) is 9.59 Å². The average Bonchev–Trinajstić information content (AvgIpc) is 3.09. The maximum Gasteiger partial charge on any atom is 0.362 e. The predicted molar refractivity (Wildman–Crippen MR) is 108 cm³/mol. The van der Waals surface area contributed by atoms with E-state index in [1.807, 2.05) is 5.43 Å². The van der Waals surface area contributed by atoms with Crippen LogP contribution in [0.5, 0.6) is 0 Å². The summed E-state index contributed by atoms with van der Waals surface area (Å²) >= 11 is 1.23. The Morgan fingerprint density at radius 1 is 1.17 bits per heavy atom. The number of hydrogen-bond acceptors (Lipinski definition) is 10. The molecular weight excluding hydrogens is 416 g/mol. The molecule has 0 saturated carbocycles. The number of amides is 2. The van der Waals surface area contributed by atoms with Crippen molar-refractivity contribution in [1.29, 1.82) is 0 Å².